The monoisotopic (exact) mass is 330 g/mol. The Morgan fingerprint density at radius 1 is 1.17 bits per heavy atom. The van der Waals surface area contributed by atoms with Crippen LogP contribution in [-0.2, 0) is 4.79 Å². The first-order valence-corrected chi connectivity index (χ1v) is 9.27. The van der Waals surface area contributed by atoms with Crippen LogP contribution in [0, 0.1) is 17.8 Å². The minimum Gasteiger partial charge on any atom is -0.364 e. The molecule has 2 unspecified atom stereocenters. The van der Waals surface area contributed by atoms with Crippen LogP contribution >= 0.6 is 0 Å². The topological polar surface area (TPSA) is 92.1 Å². The first-order chi connectivity index (χ1) is 11.6. The van der Waals surface area contributed by atoms with Crippen molar-refractivity contribution in [3.8, 4) is 0 Å². The van der Waals surface area contributed by atoms with E-state index in [9.17, 15) is 9.59 Å². The molecule has 1 aromatic heterocycles. The van der Waals surface area contributed by atoms with E-state index in [1.165, 1.54) is 31.9 Å². The average molecular weight is 330 g/mol. The van der Waals surface area contributed by atoms with Gasteiger partial charge in [0.25, 0.3) is 5.91 Å². The van der Waals surface area contributed by atoms with Gasteiger partial charge in [0.2, 0.25) is 5.91 Å². The molecule has 0 aromatic carbocycles. The molecule has 24 heavy (non-hydrogen) atoms. The fourth-order valence-corrected chi connectivity index (χ4v) is 4.68. The van der Waals surface area contributed by atoms with Gasteiger partial charge in [0.15, 0.2) is 0 Å². The van der Waals surface area contributed by atoms with Crippen LogP contribution in [0.3, 0.4) is 0 Å². The van der Waals surface area contributed by atoms with Gasteiger partial charge in [-0.25, -0.2) is 4.98 Å². The number of imidazole rings is 1. The summed E-state index contributed by atoms with van der Waals surface area (Å²) in [6.07, 6.45) is 9.79. The van der Waals surface area contributed by atoms with Crippen molar-refractivity contribution in [3.05, 3.63) is 17.7 Å². The quantitative estimate of drug-likeness (QED) is 0.885. The molecule has 2 saturated carbocycles. The van der Waals surface area contributed by atoms with Crippen molar-refractivity contribution < 1.29 is 9.59 Å². The lowest BCUT2D eigenvalue weighted by molar-refractivity contribution is -0.134. The highest BCUT2D eigenvalue weighted by Gasteiger charge is 2.49. The van der Waals surface area contributed by atoms with Gasteiger partial charge in [-0.1, -0.05) is 25.7 Å². The van der Waals surface area contributed by atoms with E-state index in [2.05, 4.69) is 9.97 Å². The maximum absolute atomic E-state index is 12.7. The molecule has 1 saturated heterocycles. The highest BCUT2D eigenvalue weighted by Crippen LogP contribution is 2.51. The molecule has 2 amide bonds. The van der Waals surface area contributed by atoms with E-state index >= 15 is 0 Å². The molecule has 1 aromatic rings. The Hall–Kier alpha value is -1.85. The number of amides is 2. The zero-order valence-corrected chi connectivity index (χ0v) is 14.0. The molecule has 3 N–H and O–H groups in total. The zero-order chi connectivity index (χ0) is 16.7. The number of piperidine rings is 1. The van der Waals surface area contributed by atoms with Crippen molar-refractivity contribution in [1.29, 1.82) is 0 Å². The standard InChI is InChI=1S/C18H26N4O2/c19-16(23)15-10-20-17(21-15)12-5-7-22(8-6-12)18(24)14-9-13(14)11-3-1-2-4-11/h10-14H,1-9H2,(H2,19,23)(H,20,21). The van der Waals surface area contributed by atoms with Crippen molar-refractivity contribution in [3.63, 3.8) is 0 Å². The van der Waals surface area contributed by atoms with E-state index < -0.39 is 5.91 Å². The summed E-state index contributed by atoms with van der Waals surface area (Å²) in [5.41, 5.74) is 5.62. The van der Waals surface area contributed by atoms with Crippen molar-refractivity contribution in [2.75, 3.05) is 13.1 Å². The molecule has 0 spiro atoms. The Morgan fingerprint density at radius 3 is 2.50 bits per heavy atom. The summed E-state index contributed by atoms with van der Waals surface area (Å²) in [5, 5.41) is 0. The van der Waals surface area contributed by atoms with Crippen LogP contribution < -0.4 is 5.73 Å². The summed E-state index contributed by atoms with van der Waals surface area (Å²) < 4.78 is 0. The fourth-order valence-electron chi connectivity index (χ4n) is 4.68. The SMILES string of the molecule is NC(=O)c1cnc(C2CCN(C(=O)C3CC3C3CCCC3)CC2)[nH]1. The number of aromatic amines is 1. The largest absolute Gasteiger partial charge is 0.364 e. The van der Waals surface area contributed by atoms with Crippen LogP contribution in [0.5, 0.6) is 0 Å². The second kappa shape index (κ2) is 6.22. The highest BCUT2D eigenvalue weighted by molar-refractivity contribution is 5.90. The summed E-state index contributed by atoms with van der Waals surface area (Å²) in [7, 11) is 0. The van der Waals surface area contributed by atoms with Crippen molar-refractivity contribution >= 4 is 11.8 Å². The summed E-state index contributed by atoms with van der Waals surface area (Å²) in [5.74, 6) is 2.79. The smallest absolute Gasteiger partial charge is 0.266 e. The number of carbonyl (C=O) groups is 2. The number of H-pyrrole nitrogens is 1. The Bertz CT molecular complexity index is 627. The molecule has 1 aliphatic heterocycles. The third kappa shape index (κ3) is 2.94. The van der Waals surface area contributed by atoms with Gasteiger partial charge in [-0.2, -0.15) is 0 Å². The van der Waals surface area contributed by atoms with Crippen molar-refractivity contribution in [2.24, 2.45) is 23.5 Å². The number of nitrogens with zero attached hydrogens (tertiary/aromatic N) is 2. The normalized spacial score (nSPS) is 28.2. The maximum atomic E-state index is 12.7. The predicted octanol–water partition coefficient (Wildman–Crippen LogP) is 2.04. The van der Waals surface area contributed by atoms with Crippen LogP contribution in [0.25, 0.3) is 0 Å². The lowest BCUT2D eigenvalue weighted by Gasteiger charge is -2.31. The van der Waals surface area contributed by atoms with E-state index in [4.69, 9.17) is 5.73 Å². The number of primary amides is 1. The molecule has 6 heteroatoms. The molecule has 0 radical (unpaired) electrons. The van der Waals surface area contributed by atoms with E-state index in [1.54, 1.807) is 0 Å². The number of carbonyl (C=O) groups excluding carboxylic acids is 2. The van der Waals surface area contributed by atoms with Crippen LogP contribution in [0.1, 0.15) is 67.2 Å². The van der Waals surface area contributed by atoms with Crippen molar-refractivity contribution in [2.45, 2.75) is 50.9 Å². The Labute approximate surface area is 142 Å². The first kappa shape index (κ1) is 15.7. The highest BCUT2D eigenvalue weighted by atomic mass is 16.2. The lowest BCUT2D eigenvalue weighted by atomic mass is 9.95. The molecule has 2 heterocycles. The van der Waals surface area contributed by atoms with Crippen LogP contribution in [0.4, 0.5) is 0 Å². The minimum atomic E-state index is -0.479. The third-order valence-electron chi connectivity index (χ3n) is 6.22. The summed E-state index contributed by atoms with van der Waals surface area (Å²) >= 11 is 0. The van der Waals surface area contributed by atoms with E-state index in [0.717, 1.165) is 44.1 Å². The lowest BCUT2D eigenvalue weighted by Crippen LogP contribution is -2.39. The number of hydrogen-bond donors (Lipinski definition) is 2. The molecule has 3 aliphatic rings. The van der Waals surface area contributed by atoms with Gasteiger partial charge < -0.3 is 15.6 Å². The number of nitrogens with two attached hydrogens (primary N) is 1. The number of likely N-dealkylation sites (tertiary alicyclic amines) is 1. The average Bonchev–Trinajstić information content (AvgIpc) is 3.03. The van der Waals surface area contributed by atoms with Gasteiger partial charge in [0.1, 0.15) is 11.5 Å². The molecule has 3 fully saturated rings. The van der Waals surface area contributed by atoms with Crippen LogP contribution in [-0.4, -0.2) is 39.8 Å². The molecule has 2 atom stereocenters. The zero-order valence-electron chi connectivity index (χ0n) is 14.0. The maximum Gasteiger partial charge on any atom is 0.266 e. The van der Waals surface area contributed by atoms with Gasteiger partial charge in [-0.05, 0) is 31.1 Å². The number of rotatable bonds is 4. The number of nitrogens with one attached hydrogen (secondary N) is 1. The van der Waals surface area contributed by atoms with Gasteiger partial charge in [-0.3, -0.25) is 9.59 Å². The van der Waals surface area contributed by atoms with Crippen molar-refractivity contribution in [1.82, 2.24) is 14.9 Å². The Balaban J connectivity index is 1.29. The van der Waals surface area contributed by atoms with Crippen LogP contribution in [0.2, 0.25) is 0 Å². The number of hydrogen-bond acceptors (Lipinski definition) is 3. The van der Waals surface area contributed by atoms with E-state index in [1.807, 2.05) is 4.90 Å². The molecular formula is C18H26N4O2. The molecule has 130 valence electrons. The first-order valence-electron chi connectivity index (χ1n) is 9.27. The third-order valence-corrected chi connectivity index (χ3v) is 6.22. The molecular weight excluding hydrogens is 304 g/mol. The fraction of sp³-hybridized carbons (Fsp3) is 0.722. The molecule has 6 nitrogen and oxygen atoms in total. The van der Waals surface area contributed by atoms with Gasteiger partial charge in [0.05, 0.1) is 6.20 Å². The second-order valence-electron chi connectivity index (χ2n) is 7.70. The molecule has 2 aliphatic carbocycles. The minimum absolute atomic E-state index is 0.284. The van der Waals surface area contributed by atoms with Gasteiger partial charge in [-0.15, -0.1) is 0 Å². The molecule has 4 rings (SSSR count). The molecule has 0 bridgehead atoms. The summed E-state index contributed by atoms with van der Waals surface area (Å²) in [4.78, 5) is 33.2. The van der Waals surface area contributed by atoms with E-state index in [0.29, 0.717) is 23.4 Å². The Morgan fingerprint density at radius 2 is 1.88 bits per heavy atom. The summed E-state index contributed by atoms with van der Waals surface area (Å²) in [6.45, 7) is 1.59. The second-order valence-corrected chi connectivity index (χ2v) is 7.70. The summed E-state index contributed by atoms with van der Waals surface area (Å²) in [6, 6.07) is 0. The van der Waals surface area contributed by atoms with E-state index in [-0.39, 0.29) is 5.92 Å². The van der Waals surface area contributed by atoms with Crippen LogP contribution in [0.15, 0.2) is 6.20 Å². The predicted molar refractivity (Wildman–Crippen MR) is 89.2 cm³/mol. The Kier molecular flexibility index (Phi) is 4.06. The number of aromatic nitrogens is 2. The van der Waals surface area contributed by atoms with Gasteiger partial charge >= 0.3 is 0 Å². The van der Waals surface area contributed by atoms with Gasteiger partial charge in [0, 0.05) is 24.9 Å².